The molecule has 0 amide bonds. The van der Waals surface area contributed by atoms with Gasteiger partial charge in [-0.1, -0.05) is 11.6 Å². The number of nitrogens with one attached hydrogen (secondary N) is 3. The van der Waals surface area contributed by atoms with Crippen LogP contribution in [0.2, 0.25) is 5.02 Å². The third kappa shape index (κ3) is 3.85. The molecule has 4 rings (SSSR count). The first kappa shape index (κ1) is 18.8. The average molecular weight is 422 g/mol. The normalized spacial score (nSPS) is 14.2. The summed E-state index contributed by atoms with van der Waals surface area (Å²) in [5, 5.41) is 7.75. The lowest BCUT2D eigenvalue weighted by atomic mass is 10.3. The molecule has 8 nitrogen and oxygen atoms in total. The molecule has 10 heteroatoms. The standard InChI is InChI=1S/C18H20ClN5O3S/c1-27-14-7-11(28(2,25)26)5-6-13(14)22-18-23-16(20-8-10-3-4-10)15-12(19)9-21-17(15)24-18/h5-7,9-10H,3-4,8H2,1-2H3,(H3,20,21,22,23,24). The molecule has 0 spiro atoms. The zero-order valence-corrected chi connectivity index (χ0v) is 17.0. The Morgan fingerprint density at radius 3 is 2.79 bits per heavy atom. The van der Waals surface area contributed by atoms with Crippen LogP contribution in [-0.2, 0) is 9.84 Å². The zero-order valence-electron chi connectivity index (χ0n) is 15.4. The van der Waals surface area contributed by atoms with Gasteiger partial charge in [-0.2, -0.15) is 9.97 Å². The average Bonchev–Trinajstić information content (AvgIpc) is 3.41. The molecule has 3 N–H and O–H groups in total. The van der Waals surface area contributed by atoms with Gasteiger partial charge in [0.05, 0.1) is 28.1 Å². The number of aromatic nitrogens is 3. The summed E-state index contributed by atoms with van der Waals surface area (Å²) in [6.45, 7) is 0.833. The van der Waals surface area contributed by atoms with Crippen molar-refractivity contribution in [2.75, 3.05) is 30.5 Å². The largest absolute Gasteiger partial charge is 0.495 e. The Morgan fingerprint density at radius 1 is 1.32 bits per heavy atom. The van der Waals surface area contributed by atoms with Crippen molar-refractivity contribution in [3.05, 3.63) is 29.4 Å². The summed E-state index contributed by atoms with van der Waals surface area (Å²) in [6.07, 6.45) is 5.27. The van der Waals surface area contributed by atoms with Crippen molar-refractivity contribution in [2.24, 2.45) is 5.92 Å². The molecule has 1 aliphatic carbocycles. The number of ether oxygens (including phenoxy) is 1. The number of benzene rings is 1. The molecule has 0 aliphatic heterocycles. The van der Waals surface area contributed by atoms with Crippen LogP contribution in [0.25, 0.3) is 11.0 Å². The molecule has 1 aromatic carbocycles. The number of anilines is 3. The number of H-pyrrole nitrogens is 1. The second-order valence-corrected chi connectivity index (χ2v) is 9.26. The van der Waals surface area contributed by atoms with Gasteiger partial charge < -0.3 is 20.4 Å². The Labute approximate surface area is 167 Å². The number of halogens is 1. The maximum Gasteiger partial charge on any atom is 0.231 e. The van der Waals surface area contributed by atoms with E-state index in [1.807, 2.05) is 0 Å². The molecule has 2 heterocycles. The summed E-state index contributed by atoms with van der Waals surface area (Å²) in [5.41, 5.74) is 1.16. The summed E-state index contributed by atoms with van der Waals surface area (Å²) in [6, 6.07) is 4.60. The lowest BCUT2D eigenvalue weighted by Gasteiger charge is -2.13. The maximum absolute atomic E-state index is 11.8. The lowest BCUT2D eigenvalue weighted by Crippen LogP contribution is -2.08. The highest BCUT2D eigenvalue weighted by Crippen LogP contribution is 2.34. The molecule has 1 aliphatic rings. The van der Waals surface area contributed by atoms with Gasteiger partial charge in [0.25, 0.3) is 0 Å². The number of fused-ring (bicyclic) bond motifs is 1. The number of hydrogen-bond donors (Lipinski definition) is 3. The highest BCUT2D eigenvalue weighted by molar-refractivity contribution is 7.90. The minimum absolute atomic E-state index is 0.175. The molecular weight excluding hydrogens is 402 g/mol. The molecule has 0 saturated heterocycles. The first-order valence-electron chi connectivity index (χ1n) is 8.79. The minimum Gasteiger partial charge on any atom is -0.495 e. The van der Waals surface area contributed by atoms with Gasteiger partial charge in [0.2, 0.25) is 5.95 Å². The number of rotatable bonds is 7. The van der Waals surface area contributed by atoms with Crippen LogP contribution in [0.3, 0.4) is 0 Å². The fourth-order valence-electron chi connectivity index (χ4n) is 2.87. The zero-order chi connectivity index (χ0) is 19.9. The first-order chi connectivity index (χ1) is 13.3. The van der Waals surface area contributed by atoms with E-state index in [2.05, 4.69) is 25.6 Å². The highest BCUT2D eigenvalue weighted by atomic mass is 35.5. The third-order valence-electron chi connectivity index (χ3n) is 4.59. The predicted octanol–water partition coefficient (Wildman–Crippen LogP) is 3.59. The second-order valence-electron chi connectivity index (χ2n) is 6.84. The number of aromatic amines is 1. The van der Waals surface area contributed by atoms with Crippen LogP contribution in [0.5, 0.6) is 5.75 Å². The van der Waals surface area contributed by atoms with Gasteiger partial charge in [0.15, 0.2) is 9.84 Å². The van der Waals surface area contributed by atoms with Crippen LogP contribution >= 0.6 is 11.6 Å². The van der Waals surface area contributed by atoms with Crippen LogP contribution < -0.4 is 15.4 Å². The van der Waals surface area contributed by atoms with E-state index in [4.69, 9.17) is 16.3 Å². The third-order valence-corrected chi connectivity index (χ3v) is 5.99. The molecule has 148 valence electrons. The van der Waals surface area contributed by atoms with Gasteiger partial charge in [-0.25, -0.2) is 8.42 Å². The Balaban J connectivity index is 1.69. The molecular formula is C18H20ClN5O3S. The van der Waals surface area contributed by atoms with Crippen molar-refractivity contribution < 1.29 is 13.2 Å². The summed E-state index contributed by atoms with van der Waals surface area (Å²) in [7, 11) is -1.86. The van der Waals surface area contributed by atoms with Crippen LogP contribution in [0.4, 0.5) is 17.5 Å². The number of hydrogen-bond acceptors (Lipinski definition) is 7. The predicted molar refractivity (Wildman–Crippen MR) is 109 cm³/mol. The number of methoxy groups -OCH3 is 1. The van der Waals surface area contributed by atoms with Crippen LogP contribution in [0.15, 0.2) is 29.3 Å². The van der Waals surface area contributed by atoms with E-state index in [1.165, 1.54) is 32.1 Å². The Morgan fingerprint density at radius 2 is 2.11 bits per heavy atom. The van der Waals surface area contributed by atoms with Crippen LogP contribution in [0, 0.1) is 5.92 Å². The first-order valence-corrected chi connectivity index (χ1v) is 11.1. The quantitative estimate of drug-likeness (QED) is 0.534. The van der Waals surface area contributed by atoms with E-state index < -0.39 is 9.84 Å². The fraction of sp³-hybridized carbons (Fsp3) is 0.333. The summed E-state index contributed by atoms with van der Waals surface area (Å²) < 4.78 is 28.9. The van der Waals surface area contributed by atoms with E-state index in [0.717, 1.165) is 18.2 Å². The van der Waals surface area contributed by atoms with E-state index in [1.54, 1.807) is 12.3 Å². The topological polar surface area (TPSA) is 109 Å². The van der Waals surface area contributed by atoms with Crippen molar-refractivity contribution in [3.8, 4) is 5.75 Å². The molecule has 28 heavy (non-hydrogen) atoms. The van der Waals surface area contributed by atoms with Gasteiger partial charge in [0.1, 0.15) is 17.2 Å². The lowest BCUT2D eigenvalue weighted by molar-refractivity contribution is 0.415. The van der Waals surface area contributed by atoms with Crippen molar-refractivity contribution in [2.45, 2.75) is 17.7 Å². The molecule has 0 bridgehead atoms. The Hall–Kier alpha value is -2.52. The monoisotopic (exact) mass is 421 g/mol. The maximum atomic E-state index is 11.8. The van der Waals surface area contributed by atoms with E-state index in [9.17, 15) is 8.42 Å². The summed E-state index contributed by atoms with van der Waals surface area (Å²) in [4.78, 5) is 12.2. The molecule has 1 saturated carbocycles. The van der Waals surface area contributed by atoms with Gasteiger partial charge in [-0.3, -0.25) is 0 Å². The SMILES string of the molecule is COc1cc(S(C)(=O)=O)ccc1Nc1nc(NCC2CC2)c2c(Cl)c[nH]c2n1. The van der Waals surface area contributed by atoms with E-state index in [-0.39, 0.29) is 4.90 Å². The van der Waals surface area contributed by atoms with Gasteiger partial charge in [-0.15, -0.1) is 0 Å². The Kier molecular flexibility index (Phi) is 4.80. The molecule has 0 unspecified atom stereocenters. The second kappa shape index (κ2) is 7.14. The number of sulfone groups is 1. The molecule has 1 fully saturated rings. The summed E-state index contributed by atoms with van der Waals surface area (Å²) >= 11 is 6.28. The Bertz CT molecular complexity index is 1140. The van der Waals surface area contributed by atoms with Crippen molar-refractivity contribution in [1.82, 2.24) is 15.0 Å². The smallest absolute Gasteiger partial charge is 0.231 e. The molecule has 3 aromatic rings. The van der Waals surface area contributed by atoms with Crippen molar-refractivity contribution >= 4 is 49.9 Å². The molecule has 2 aromatic heterocycles. The van der Waals surface area contributed by atoms with E-state index >= 15 is 0 Å². The highest BCUT2D eigenvalue weighted by Gasteiger charge is 2.22. The minimum atomic E-state index is -3.34. The van der Waals surface area contributed by atoms with Crippen LogP contribution in [-0.4, -0.2) is 43.3 Å². The van der Waals surface area contributed by atoms with Gasteiger partial charge in [0, 0.05) is 25.1 Å². The molecule has 0 radical (unpaired) electrons. The summed E-state index contributed by atoms with van der Waals surface area (Å²) in [5.74, 6) is 2.04. The van der Waals surface area contributed by atoms with Crippen molar-refractivity contribution in [1.29, 1.82) is 0 Å². The van der Waals surface area contributed by atoms with Crippen molar-refractivity contribution in [3.63, 3.8) is 0 Å². The fourth-order valence-corrected chi connectivity index (χ4v) is 3.74. The van der Waals surface area contributed by atoms with Gasteiger partial charge in [-0.05, 0) is 30.9 Å². The van der Waals surface area contributed by atoms with E-state index in [0.29, 0.717) is 39.8 Å². The van der Waals surface area contributed by atoms with Gasteiger partial charge >= 0.3 is 0 Å². The molecule has 0 atom stereocenters. The van der Waals surface area contributed by atoms with Crippen LogP contribution in [0.1, 0.15) is 12.8 Å². The number of nitrogens with zero attached hydrogens (tertiary/aromatic N) is 2.